The highest BCUT2D eigenvalue weighted by atomic mass is 32.1. The van der Waals surface area contributed by atoms with Gasteiger partial charge in [-0.05, 0) is 25.5 Å². The Balaban J connectivity index is 2.83. The molecule has 0 aliphatic rings. The summed E-state index contributed by atoms with van der Waals surface area (Å²) in [6.07, 6.45) is 0. The lowest BCUT2D eigenvalue weighted by Crippen LogP contribution is -1.85. The van der Waals surface area contributed by atoms with Crippen LogP contribution in [0.4, 0.5) is 0 Å². The molecular formula is C10H11NOS. The second-order valence-electron chi connectivity index (χ2n) is 3.00. The first kappa shape index (κ1) is 8.51. The summed E-state index contributed by atoms with van der Waals surface area (Å²) in [4.78, 5) is 4.44. The Bertz CT molecular complexity index is 447. The van der Waals surface area contributed by atoms with Crippen LogP contribution in [0.2, 0.25) is 0 Å². The molecule has 2 rings (SSSR count). The molecule has 2 nitrogen and oxygen atoms in total. The Hall–Kier alpha value is -1.09. The summed E-state index contributed by atoms with van der Waals surface area (Å²) < 4.78 is 6.47. The van der Waals surface area contributed by atoms with E-state index >= 15 is 0 Å². The van der Waals surface area contributed by atoms with E-state index in [2.05, 4.69) is 18.0 Å². The van der Waals surface area contributed by atoms with Crippen LogP contribution in [0.1, 0.15) is 10.6 Å². The second-order valence-corrected chi connectivity index (χ2v) is 4.20. The predicted molar refractivity (Wildman–Crippen MR) is 55.6 cm³/mol. The molecular weight excluding hydrogens is 182 g/mol. The van der Waals surface area contributed by atoms with Crippen molar-refractivity contribution in [1.29, 1.82) is 0 Å². The topological polar surface area (TPSA) is 22.1 Å². The van der Waals surface area contributed by atoms with Gasteiger partial charge >= 0.3 is 0 Å². The van der Waals surface area contributed by atoms with E-state index in [1.165, 1.54) is 10.3 Å². The molecule has 2 aromatic rings. The van der Waals surface area contributed by atoms with Gasteiger partial charge < -0.3 is 4.74 Å². The minimum Gasteiger partial charge on any atom is -0.494 e. The molecule has 68 valence electrons. The maximum atomic E-state index is 5.24. The molecule has 0 radical (unpaired) electrons. The van der Waals surface area contributed by atoms with E-state index in [0.29, 0.717) is 0 Å². The maximum absolute atomic E-state index is 5.24. The quantitative estimate of drug-likeness (QED) is 0.694. The van der Waals surface area contributed by atoms with Crippen LogP contribution in [0.5, 0.6) is 5.75 Å². The van der Waals surface area contributed by atoms with Crippen molar-refractivity contribution >= 4 is 21.6 Å². The SMILES string of the molecule is COc1ccc(C)c2sc(C)nc12. The number of methoxy groups -OCH3 is 1. The number of ether oxygens (including phenoxy) is 1. The average Bonchev–Trinajstić information content (AvgIpc) is 2.48. The monoisotopic (exact) mass is 193 g/mol. The summed E-state index contributed by atoms with van der Waals surface area (Å²) in [5.41, 5.74) is 2.26. The Morgan fingerprint density at radius 1 is 1.31 bits per heavy atom. The van der Waals surface area contributed by atoms with Gasteiger partial charge in [0, 0.05) is 0 Å². The Morgan fingerprint density at radius 2 is 2.08 bits per heavy atom. The first-order chi connectivity index (χ1) is 6.22. The molecule has 13 heavy (non-hydrogen) atoms. The van der Waals surface area contributed by atoms with Gasteiger partial charge in [-0.15, -0.1) is 11.3 Å². The average molecular weight is 193 g/mol. The van der Waals surface area contributed by atoms with E-state index in [1.807, 2.05) is 13.0 Å². The first-order valence-corrected chi connectivity index (χ1v) is 4.95. The lowest BCUT2D eigenvalue weighted by atomic mass is 10.2. The third-order valence-corrected chi connectivity index (χ3v) is 3.14. The van der Waals surface area contributed by atoms with E-state index in [0.717, 1.165) is 16.3 Å². The van der Waals surface area contributed by atoms with E-state index in [9.17, 15) is 0 Å². The number of aromatic nitrogens is 1. The van der Waals surface area contributed by atoms with Crippen molar-refractivity contribution in [1.82, 2.24) is 4.98 Å². The summed E-state index contributed by atoms with van der Waals surface area (Å²) in [5.74, 6) is 0.866. The Morgan fingerprint density at radius 3 is 2.77 bits per heavy atom. The zero-order valence-electron chi connectivity index (χ0n) is 7.92. The van der Waals surface area contributed by atoms with Gasteiger partial charge in [-0.25, -0.2) is 4.98 Å². The van der Waals surface area contributed by atoms with Gasteiger partial charge in [0.25, 0.3) is 0 Å². The van der Waals surface area contributed by atoms with Crippen LogP contribution in [0.15, 0.2) is 12.1 Å². The molecule has 1 aromatic carbocycles. The van der Waals surface area contributed by atoms with Crippen molar-refractivity contribution in [3.8, 4) is 5.75 Å². The van der Waals surface area contributed by atoms with Crippen molar-refractivity contribution in [2.45, 2.75) is 13.8 Å². The second kappa shape index (κ2) is 3.00. The number of rotatable bonds is 1. The van der Waals surface area contributed by atoms with Gasteiger partial charge in [-0.3, -0.25) is 0 Å². The summed E-state index contributed by atoms with van der Waals surface area (Å²) in [7, 11) is 1.68. The molecule has 0 saturated heterocycles. The first-order valence-electron chi connectivity index (χ1n) is 4.13. The summed E-state index contributed by atoms with van der Waals surface area (Å²) in [5, 5.41) is 1.09. The smallest absolute Gasteiger partial charge is 0.145 e. The minimum absolute atomic E-state index is 0.866. The van der Waals surface area contributed by atoms with Gasteiger partial charge in [-0.1, -0.05) is 6.07 Å². The minimum atomic E-state index is 0.866. The highest BCUT2D eigenvalue weighted by Gasteiger charge is 2.08. The third kappa shape index (κ3) is 1.29. The maximum Gasteiger partial charge on any atom is 0.145 e. The molecule has 0 aliphatic heterocycles. The zero-order valence-corrected chi connectivity index (χ0v) is 8.73. The standard InChI is InChI=1S/C10H11NOS/c1-6-4-5-8(12-3)9-10(6)13-7(2)11-9/h4-5H,1-3H3. The molecule has 1 aromatic heterocycles. The van der Waals surface area contributed by atoms with Crippen molar-refractivity contribution in [3.63, 3.8) is 0 Å². The zero-order chi connectivity index (χ0) is 9.42. The fraction of sp³-hybridized carbons (Fsp3) is 0.300. The molecule has 0 spiro atoms. The van der Waals surface area contributed by atoms with Crippen LogP contribution < -0.4 is 4.74 Å². The highest BCUT2D eigenvalue weighted by Crippen LogP contribution is 2.31. The van der Waals surface area contributed by atoms with Crippen LogP contribution >= 0.6 is 11.3 Å². The molecule has 0 N–H and O–H groups in total. The number of thiazole rings is 1. The normalized spacial score (nSPS) is 10.7. The number of aryl methyl sites for hydroxylation is 2. The van der Waals surface area contributed by atoms with E-state index in [4.69, 9.17) is 4.74 Å². The van der Waals surface area contributed by atoms with E-state index in [-0.39, 0.29) is 0 Å². The molecule has 0 amide bonds. The summed E-state index contributed by atoms with van der Waals surface area (Å²) in [6, 6.07) is 4.04. The number of hydrogen-bond donors (Lipinski definition) is 0. The summed E-state index contributed by atoms with van der Waals surface area (Å²) >= 11 is 1.72. The molecule has 3 heteroatoms. The van der Waals surface area contributed by atoms with Crippen LogP contribution in [-0.4, -0.2) is 12.1 Å². The van der Waals surface area contributed by atoms with Gasteiger partial charge in [0.05, 0.1) is 16.8 Å². The molecule has 0 fully saturated rings. The third-order valence-electron chi connectivity index (χ3n) is 2.03. The number of hydrogen-bond acceptors (Lipinski definition) is 3. The lowest BCUT2D eigenvalue weighted by molar-refractivity contribution is 0.419. The van der Waals surface area contributed by atoms with Gasteiger partial charge in [0.15, 0.2) is 0 Å². The van der Waals surface area contributed by atoms with Crippen LogP contribution in [0.25, 0.3) is 10.2 Å². The fourth-order valence-corrected chi connectivity index (χ4v) is 2.29. The molecule has 0 aliphatic carbocycles. The highest BCUT2D eigenvalue weighted by molar-refractivity contribution is 7.18. The van der Waals surface area contributed by atoms with Gasteiger partial charge in [0.1, 0.15) is 11.3 Å². The molecule has 0 saturated carbocycles. The Kier molecular flexibility index (Phi) is 1.96. The number of nitrogens with zero attached hydrogens (tertiary/aromatic N) is 1. The van der Waals surface area contributed by atoms with Gasteiger partial charge in [-0.2, -0.15) is 0 Å². The fourth-order valence-electron chi connectivity index (χ4n) is 1.38. The molecule has 0 bridgehead atoms. The number of benzene rings is 1. The van der Waals surface area contributed by atoms with Crippen LogP contribution in [0.3, 0.4) is 0 Å². The van der Waals surface area contributed by atoms with Crippen molar-refractivity contribution in [3.05, 3.63) is 22.7 Å². The molecule has 0 atom stereocenters. The summed E-state index contributed by atoms with van der Waals surface area (Å²) in [6.45, 7) is 4.11. The van der Waals surface area contributed by atoms with Crippen molar-refractivity contribution in [2.75, 3.05) is 7.11 Å². The van der Waals surface area contributed by atoms with Crippen LogP contribution in [-0.2, 0) is 0 Å². The number of fused-ring (bicyclic) bond motifs is 1. The van der Waals surface area contributed by atoms with E-state index in [1.54, 1.807) is 18.4 Å². The van der Waals surface area contributed by atoms with E-state index < -0.39 is 0 Å². The lowest BCUT2D eigenvalue weighted by Gasteiger charge is -2.01. The van der Waals surface area contributed by atoms with Crippen molar-refractivity contribution < 1.29 is 4.74 Å². The van der Waals surface area contributed by atoms with Crippen molar-refractivity contribution in [2.24, 2.45) is 0 Å². The predicted octanol–water partition coefficient (Wildman–Crippen LogP) is 2.92. The molecule has 0 unspecified atom stereocenters. The Labute approximate surface area is 81.2 Å². The largest absolute Gasteiger partial charge is 0.494 e. The molecule has 1 heterocycles. The van der Waals surface area contributed by atoms with Gasteiger partial charge in [0.2, 0.25) is 0 Å². The van der Waals surface area contributed by atoms with Crippen LogP contribution in [0, 0.1) is 13.8 Å².